The summed E-state index contributed by atoms with van der Waals surface area (Å²) >= 11 is 0. The van der Waals surface area contributed by atoms with Gasteiger partial charge in [0.05, 0.1) is 6.04 Å². The first-order valence-electron chi connectivity index (χ1n) is 10.6. The highest BCUT2D eigenvalue weighted by atomic mass is 35.5. The molecule has 0 spiro atoms. The Morgan fingerprint density at radius 3 is 2.63 bits per heavy atom. The van der Waals surface area contributed by atoms with Crippen LogP contribution in [0.5, 0.6) is 0 Å². The molecule has 4 atom stereocenters. The molecule has 2 saturated carbocycles. The number of hydrogen-bond donors (Lipinski definition) is 1. The highest BCUT2D eigenvalue weighted by Gasteiger charge is 2.43. The second-order valence-corrected chi connectivity index (χ2v) is 8.75. The van der Waals surface area contributed by atoms with Gasteiger partial charge in [-0.1, -0.05) is 6.42 Å². The highest BCUT2D eigenvalue weighted by molar-refractivity contribution is 5.92. The molecule has 27 heavy (non-hydrogen) atoms. The summed E-state index contributed by atoms with van der Waals surface area (Å²) in [5, 5.41) is 8.02. The van der Waals surface area contributed by atoms with Crippen LogP contribution >= 0.6 is 12.4 Å². The number of aromatic nitrogens is 2. The SMILES string of the molecule is Cl.O=C(c1ccn(C2CCCNC2)n1)N1CCN(C2CC3CCC2C3)CC1. The first-order chi connectivity index (χ1) is 12.8. The van der Waals surface area contributed by atoms with E-state index in [1.165, 1.54) is 32.1 Å². The van der Waals surface area contributed by atoms with Gasteiger partial charge in [-0.05, 0) is 56.6 Å². The van der Waals surface area contributed by atoms with Crippen molar-refractivity contribution in [3.8, 4) is 0 Å². The molecule has 2 aliphatic carbocycles. The second-order valence-electron chi connectivity index (χ2n) is 8.75. The van der Waals surface area contributed by atoms with Crippen molar-refractivity contribution in [1.29, 1.82) is 0 Å². The third-order valence-electron chi connectivity index (χ3n) is 7.24. The van der Waals surface area contributed by atoms with E-state index in [0.717, 1.165) is 63.6 Å². The van der Waals surface area contributed by atoms with E-state index >= 15 is 0 Å². The average molecular weight is 394 g/mol. The second kappa shape index (κ2) is 8.10. The molecule has 5 rings (SSSR count). The Morgan fingerprint density at radius 2 is 1.96 bits per heavy atom. The largest absolute Gasteiger partial charge is 0.335 e. The minimum absolute atomic E-state index is 0. The number of piperazine rings is 1. The van der Waals surface area contributed by atoms with E-state index in [2.05, 4.69) is 15.3 Å². The summed E-state index contributed by atoms with van der Waals surface area (Å²) < 4.78 is 1.99. The molecule has 1 aromatic rings. The molecule has 6 nitrogen and oxygen atoms in total. The van der Waals surface area contributed by atoms with Gasteiger partial charge in [-0.25, -0.2) is 0 Å². The zero-order valence-electron chi connectivity index (χ0n) is 16.1. The maximum atomic E-state index is 12.9. The summed E-state index contributed by atoms with van der Waals surface area (Å²) in [6, 6.07) is 3.09. The van der Waals surface area contributed by atoms with Gasteiger partial charge < -0.3 is 10.2 Å². The van der Waals surface area contributed by atoms with Gasteiger partial charge in [0.25, 0.3) is 5.91 Å². The number of halogens is 1. The van der Waals surface area contributed by atoms with Crippen molar-refractivity contribution in [3.05, 3.63) is 18.0 Å². The molecule has 7 heteroatoms. The minimum atomic E-state index is 0. The molecule has 150 valence electrons. The van der Waals surface area contributed by atoms with Crippen LogP contribution in [0, 0.1) is 11.8 Å². The van der Waals surface area contributed by atoms with Crippen LogP contribution in [0.2, 0.25) is 0 Å². The fourth-order valence-corrected chi connectivity index (χ4v) is 5.79. The summed E-state index contributed by atoms with van der Waals surface area (Å²) in [6.45, 7) is 5.82. The number of nitrogens with one attached hydrogen (secondary N) is 1. The number of nitrogens with zero attached hydrogens (tertiary/aromatic N) is 4. The van der Waals surface area contributed by atoms with E-state index in [1.807, 2.05) is 21.8 Å². The lowest BCUT2D eigenvalue weighted by Crippen LogP contribution is -2.53. The van der Waals surface area contributed by atoms with Crippen molar-refractivity contribution in [2.45, 2.75) is 50.6 Å². The number of fused-ring (bicyclic) bond motifs is 2. The van der Waals surface area contributed by atoms with Crippen molar-refractivity contribution in [2.24, 2.45) is 11.8 Å². The molecular formula is C20H32ClN5O. The van der Waals surface area contributed by atoms with Crippen molar-refractivity contribution in [3.63, 3.8) is 0 Å². The maximum Gasteiger partial charge on any atom is 0.274 e. The summed E-state index contributed by atoms with van der Waals surface area (Å²) in [5.41, 5.74) is 0.615. The number of carbonyl (C=O) groups is 1. The first kappa shape index (κ1) is 19.2. The van der Waals surface area contributed by atoms with Crippen LogP contribution in [0.1, 0.15) is 55.1 Å². The van der Waals surface area contributed by atoms with Gasteiger partial charge in [0, 0.05) is 45.0 Å². The molecule has 0 aromatic carbocycles. The van der Waals surface area contributed by atoms with Crippen molar-refractivity contribution >= 4 is 18.3 Å². The third kappa shape index (κ3) is 3.76. The van der Waals surface area contributed by atoms with E-state index in [4.69, 9.17) is 0 Å². The smallest absolute Gasteiger partial charge is 0.274 e. The molecule has 4 unspecified atom stereocenters. The van der Waals surface area contributed by atoms with Gasteiger partial charge >= 0.3 is 0 Å². The Bertz CT molecular complexity index is 651. The Labute approximate surface area is 168 Å². The summed E-state index contributed by atoms with van der Waals surface area (Å²) in [5.74, 6) is 2.03. The zero-order valence-corrected chi connectivity index (χ0v) is 16.9. The average Bonchev–Trinajstić information content (AvgIpc) is 3.45. The molecule has 1 aromatic heterocycles. The van der Waals surface area contributed by atoms with E-state index in [1.54, 1.807) is 0 Å². The number of amides is 1. The summed E-state index contributed by atoms with van der Waals surface area (Å²) in [4.78, 5) is 17.5. The summed E-state index contributed by atoms with van der Waals surface area (Å²) in [7, 11) is 0. The first-order valence-corrected chi connectivity index (χ1v) is 10.6. The van der Waals surface area contributed by atoms with Gasteiger partial charge in [0.15, 0.2) is 0 Å². The topological polar surface area (TPSA) is 53.4 Å². The van der Waals surface area contributed by atoms with Crippen LogP contribution < -0.4 is 5.32 Å². The molecule has 2 aliphatic heterocycles. The van der Waals surface area contributed by atoms with Gasteiger partial charge in [-0.2, -0.15) is 5.10 Å². The quantitative estimate of drug-likeness (QED) is 0.855. The van der Waals surface area contributed by atoms with Crippen molar-refractivity contribution in [1.82, 2.24) is 24.9 Å². The van der Waals surface area contributed by atoms with Gasteiger partial charge in [0.2, 0.25) is 0 Å². The monoisotopic (exact) mass is 393 g/mol. The van der Waals surface area contributed by atoms with Crippen LogP contribution in [0.15, 0.2) is 12.3 Å². The number of piperidine rings is 1. The predicted molar refractivity (Wildman–Crippen MR) is 107 cm³/mol. The fraction of sp³-hybridized carbons (Fsp3) is 0.800. The predicted octanol–water partition coefficient (Wildman–Crippen LogP) is 2.18. The lowest BCUT2D eigenvalue weighted by molar-refractivity contribution is 0.0490. The third-order valence-corrected chi connectivity index (χ3v) is 7.24. The van der Waals surface area contributed by atoms with E-state index in [0.29, 0.717) is 11.7 Å². The molecule has 4 aliphatic rings. The van der Waals surface area contributed by atoms with Crippen molar-refractivity contribution < 1.29 is 4.79 Å². The van der Waals surface area contributed by atoms with E-state index in [-0.39, 0.29) is 18.3 Å². The molecule has 1 amide bonds. The van der Waals surface area contributed by atoms with Crippen LogP contribution in [0.3, 0.4) is 0 Å². The molecule has 2 saturated heterocycles. The number of rotatable bonds is 3. The standard InChI is InChI=1S/C20H31N5O.ClH/c26-20(18-5-7-25(22-18)17-2-1-6-21-14-17)24-10-8-23(9-11-24)19-13-15-3-4-16(19)12-15;/h5,7,15-17,19,21H,1-4,6,8-14H2;1H. The van der Waals surface area contributed by atoms with Crippen LogP contribution in [0.25, 0.3) is 0 Å². The van der Waals surface area contributed by atoms with E-state index < -0.39 is 0 Å². The zero-order chi connectivity index (χ0) is 17.5. The van der Waals surface area contributed by atoms with Gasteiger partial charge in [-0.15, -0.1) is 12.4 Å². The Morgan fingerprint density at radius 1 is 1.11 bits per heavy atom. The molecule has 2 bridgehead atoms. The minimum Gasteiger partial charge on any atom is -0.335 e. The molecule has 1 N–H and O–H groups in total. The molecule has 4 fully saturated rings. The highest BCUT2D eigenvalue weighted by Crippen LogP contribution is 2.46. The van der Waals surface area contributed by atoms with Gasteiger partial charge in [-0.3, -0.25) is 14.4 Å². The Hall–Kier alpha value is -1.11. The van der Waals surface area contributed by atoms with Crippen LogP contribution in [-0.4, -0.2) is 70.8 Å². The number of hydrogen-bond acceptors (Lipinski definition) is 4. The Kier molecular flexibility index (Phi) is 5.76. The fourth-order valence-electron chi connectivity index (χ4n) is 5.79. The van der Waals surface area contributed by atoms with Crippen molar-refractivity contribution in [2.75, 3.05) is 39.3 Å². The van der Waals surface area contributed by atoms with Crippen LogP contribution in [-0.2, 0) is 0 Å². The number of carbonyl (C=O) groups excluding carboxylic acids is 1. The molecule has 3 heterocycles. The lowest BCUT2D eigenvalue weighted by atomic mass is 9.93. The molecule has 0 radical (unpaired) electrons. The summed E-state index contributed by atoms with van der Waals surface area (Å²) in [6.07, 6.45) is 10.1. The van der Waals surface area contributed by atoms with E-state index in [9.17, 15) is 4.79 Å². The normalized spacial score (nSPS) is 33.9. The lowest BCUT2D eigenvalue weighted by Gasteiger charge is -2.40. The maximum absolute atomic E-state index is 12.9. The molecular weight excluding hydrogens is 362 g/mol. The van der Waals surface area contributed by atoms with Gasteiger partial charge in [0.1, 0.15) is 5.69 Å². The van der Waals surface area contributed by atoms with Crippen LogP contribution in [0.4, 0.5) is 0 Å². The Balaban J connectivity index is 0.00000180.